The summed E-state index contributed by atoms with van der Waals surface area (Å²) in [7, 11) is 0. The van der Waals surface area contributed by atoms with Crippen LogP contribution in [-0.4, -0.2) is 25.3 Å². The van der Waals surface area contributed by atoms with Gasteiger partial charge in [-0.15, -0.1) is 0 Å². The van der Waals surface area contributed by atoms with Gasteiger partial charge in [0.2, 0.25) is 0 Å². The largest absolute Gasteiger partial charge is 0.449 e. The number of ether oxygens (including phenoxy) is 1. The van der Waals surface area contributed by atoms with Crippen LogP contribution in [-0.2, 0) is 4.74 Å². The Bertz CT molecular complexity index is 754. The fourth-order valence-corrected chi connectivity index (χ4v) is 3.01. The van der Waals surface area contributed by atoms with Crippen LogP contribution >= 0.6 is 0 Å². The van der Waals surface area contributed by atoms with Gasteiger partial charge in [0.25, 0.3) is 0 Å². The van der Waals surface area contributed by atoms with E-state index in [1.165, 1.54) is 22.3 Å². The molecule has 1 N–H and O–H groups in total. The van der Waals surface area contributed by atoms with Gasteiger partial charge in [0, 0.05) is 17.4 Å². The van der Waals surface area contributed by atoms with E-state index in [1.807, 2.05) is 24.3 Å². The molecule has 1 atom stereocenters. The van der Waals surface area contributed by atoms with Gasteiger partial charge in [-0.3, -0.25) is 0 Å². The lowest BCUT2D eigenvalue weighted by Gasteiger charge is -2.15. The summed E-state index contributed by atoms with van der Waals surface area (Å²) < 4.78 is 5.38. The van der Waals surface area contributed by atoms with E-state index in [0.29, 0.717) is 0 Å². The molecule has 1 amide bonds. The van der Waals surface area contributed by atoms with Crippen molar-refractivity contribution < 1.29 is 9.53 Å². The third-order valence-corrected chi connectivity index (χ3v) is 4.13. The van der Waals surface area contributed by atoms with E-state index in [1.54, 1.807) is 6.92 Å². The summed E-state index contributed by atoms with van der Waals surface area (Å²) in [4.78, 5) is 14.6. The summed E-state index contributed by atoms with van der Waals surface area (Å²) >= 11 is 0. The number of amides is 1. The van der Waals surface area contributed by atoms with E-state index in [0.717, 1.165) is 0 Å². The normalized spacial score (nSPS) is 13.4. The number of fused-ring (bicyclic) bond motifs is 3. The number of carbonyl (C=O) groups is 1. The first-order valence-corrected chi connectivity index (χ1v) is 7.83. The number of nitrogens with one attached hydrogen (secondary N) is 1. The highest BCUT2D eigenvalue weighted by Gasteiger charge is 2.28. The van der Waals surface area contributed by atoms with E-state index in [-0.39, 0.29) is 25.1 Å². The number of hydrogen-bond donors (Lipinski definition) is 1. The predicted molar refractivity (Wildman–Crippen MR) is 91.7 cm³/mol. The Balaban J connectivity index is 1.67. The van der Waals surface area contributed by atoms with Gasteiger partial charge in [0.15, 0.2) is 0 Å². The molecule has 24 heavy (non-hydrogen) atoms. The van der Waals surface area contributed by atoms with Crippen LogP contribution in [0.25, 0.3) is 21.6 Å². The highest BCUT2D eigenvalue weighted by atomic mass is 16.5. The van der Waals surface area contributed by atoms with Crippen LogP contribution < -0.4 is 5.32 Å². The first-order valence-electron chi connectivity index (χ1n) is 7.83. The minimum Gasteiger partial charge on any atom is -0.449 e. The Labute approximate surface area is 140 Å². The highest BCUT2D eigenvalue weighted by molar-refractivity contribution is 5.79. The van der Waals surface area contributed by atoms with Gasteiger partial charge in [0.1, 0.15) is 6.61 Å². The maximum Gasteiger partial charge on any atom is 0.407 e. The molecule has 6 heteroatoms. The molecule has 0 fully saturated rings. The van der Waals surface area contributed by atoms with Gasteiger partial charge >= 0.3 is 6.09 Å². The standard InChI is InChI=1S/C18H18N4O2/c1-12(21-22-19)10-20-18(23)24-11-17-15-8-4-2-6-13(15)14-7-3-5-9-16(14)17/h2-9,12,17H,10-11H2,1H3,(H,20,23). The number of rotatable bonds is 5. The Morgan fingerprint density at radius 1 is 1.21 bits per heavy atom. The van der Waals surface area contributed by atoms with Gasteiger partial charge in [-0.1, -0.05) is 60.6 Å². The quantitative estimate of drug-likeness (QED) is 0.507. The Hall–Kier alpha value is -2.98. The number of alkyl carbamates (subject to hydrolysis) is 1. The molecular weight excluding hydrogens is 304 g/mol. The van der Waals surface area contributed by atoms with E-state index in [2.05, 4.69) is 39.6 Å². The second-order valence-corrected chi connectivity index (χ2v) is 5.76. The van der Waals surface area contributed by atoms with Crippen molar-refractivity contribution in [2.45, 2.75) is 18.9 Å². The average Bonchev–Trinajstić information content (AvgIpc) is 2.92. The molecule has 2 aromatic rings. The van der Waals surface area contributed by atoms with E-state index in [9.17, 15) is 4.79 Å². The van der Waals surface area contributed by atoms with Gasteiger partial charge in [-0.25, -0.2) is 4.79 Å². The molecule has 2 aromatic carbocycles. The lowest BCUT2D eigenvalue weighted by Crippen LogP contribution is -2.31. The molecule has 3 rings (SSSR count). The molecule has 6 nitrogen and oxygen atoms in total. The Kier molecular flexibility index (Phi) is 4.68. The SMILES string of the molecule is CC(CNC(=O)OCC1c2ccccc2-c2ccccc21)N=[N+]=[N-]. The van der Waals surface area contributed by atoms with Crippen molar-refractivity contribution >= 4 is 6.09 Å². The van der Waals surface area contributed by atoms with E-state index < -0.39 is 6.09 Å². The molecule has 0 saturated heterocycles. The van der Waals surface area contributed by atoms with Gasteiger partial charge in [0.05, 0.1) is 6.04 Å². The second-order valence-electron chi connectivity index (χ2n) is 5.76. The topological polar surface area (TPSA) is 87.1 Å². The molecule has 0 aromatic heterocycles. The maximum atomic E-state index is 11.9. The number of azide groups is 1. The third-order valence-electron chi connectivity index (χ3n) is 4.13. The predicted octanol–water partition coefficient (Wildman–Crippen LogP) is 4.22. The summed E-state index contributed by atoms with van der Waals surface area (Å²) in [5.41, 5.74) is 13.1. The van der Waals surface area contributed by atoms with Crippen LogP contribution in [0, 0.1) is 0 Å². The molecule has 0 aliphatic heterocycles. The smallest absolute Gasteiger partial charge is 0.407 e. The highest BCUT2D eigenvalue weighted by Crippen LogP contribution is 2.44. The lowest BCUT2D eigenvalue weighted by atomic mass is 9.98. The molecule has 0 spiro atoms. The van der Waals surface area contributed by atoms with Crippen LogP contribution in [0.2, 0.25) is 0 Å². The van der Waals surface area contributed by atoms with Crippen LogP contribution in [0.3, 0.4) is 0 Å². The number of nitrogens with zero attached hydrogens (tertiary/aromatic N) is 3. The van der Waals surface area contributed by atoms with Crippen LogP contribution in [0.15, 0.2) is 53.6 Å². The van der Waals surface area contributed by atoms with Crippen LogP contribution in [0.4, 0.5) is 4.79 Å². The third kappa shape index (κ3) is 3.19. The van der Waals surface area contributed by atoms with Gasteiger partial charge in [-0.05, 0) is 27.8 Å². The summed E-state index contributed by atoms with van der Waals surface area (Å²) in [5.74, 6) is 0.0395. The summed E-state index contributed by atoms with van der Waals surface area (Å²) in [5, 5.41) is 6.12. The Morgan fingerprint density at radius 3 is 2.38 bits per heavy atom. The summed E-state index contributed by atoms with van der Waals surface area (Å²) in [6.07, 6.45) is -0.503. The monoisotopic (exact) mass is 322 g/mol. The zero-order chi connectivity index (χ0) is 16.9. The van der Waals surface area contributed by atoms with Crippen molar-refractivity contribution in [3.05, 3.63) is 70.1 Å². The average molecular weight is 322 g/mol. The van der Waals surface area contributed by atoms with Crippen molar-refractivity contribution in [3.63, 3.8) is 0 Å². The molecule has 0 heterocycles. The fraction of sp³-hybridized carbons (Fsp3) is 0.278. The lowest BCUT2D eigenvalue weighted by molar-refractivity contribution is 0.142. The first-order chi connectivity index (χ1) is 11.7. The summed E-state index contributed by atoms with van der Waals surface area (Å²) in [6, 6.07) is 16.1. The molecule has 122 valence electrons. The van der Waals surface area contributed by atoms with E-state index >= 15 is 0 Å². The molecule has 0 bridgehead atoms. The van der Waals surface area contributed by atoms with Gasteiger partial charge < -0.3 is 10.1 Å². The second kappa shape index (κ2) is 7.06. The van der Waals surface area contributed by atoms with Crippen molar-refractivity contribution in [3.8, 4) is 11.1 Å². The number of carbonyl (C=O) groups excluding carboxylic acids is 1. The van der Waals surface area contributed by atoms with Crippen molar-refractivity contribution in [2.75, 3.05) is 13.2 Å². The number of hydrogen-bond acceptors (Lipinski definition) is 3. The number of benzene rings is 2. The van der Waals surface area contributed by atoms with Crippen LogP contribution in [0.1, 0.15) is 24.0 Å². The minimum atomic E-state index is -0.503. The van der Waals surface area contributed by atoms with Crippen molar-refractivity contribution in [1.82, 2.24) is 5.32 Å². The molecular formula is C18H18N4O2. The molecule has 0 radical (unpaired) electrons. The molecule has 1 aliphatic rings. The first kappa shape index (κ1) is 15.9. The van der Waals surface area contributed by atoms with Crippen molar-refractivity contribution in [1.29, 1.82) is 0 Å². The molecule has 1 unspecified atom stereocenters. The van der Waals surface area contributed by atoms with Crippen LogP contribution in [0.5, 0.6) is 0 Å². The fourth-order valence-electron chi connectivity index (χ4n) is 3.01. The zero-order valence-electron chi connectivity index (χ0n) is 13.3. The van der Waals surface area contributed by atoms with Gasteiger partial charge in [-0.2, -0.15) is 0 Å². The molecule has 0 saturated carbocycles. The zero-order valence-corrected chi connectivity index (χ0v) is 13.3. The summed E-state index contributed by atoms with van der Waals surface area (Å²) in [6.45, 7) is 2.25. The maximum absolute atomic E-state index is 11.9. The van der Waals surface area contributed by atoms with E-state index in [4.69, 9.17) is 10.3 Å². The molecule has 1 aliphatic carbocycles. The minimum absolute atomic E-state index is 0.0395. The van der Waals surface area contributed by atoms with Crippen molar-refractivity contribution in [2.24, 2.45) is 5.11 Å². The Morgan fingerprint density at radius 2 is 1.79 bits per heavy atom.